The molecule has 0 bridgehead atoms. The summed E-state index contributed by atoms with van der Waals surface area (Å²) < 4.78 is 5.04. The summed E-state index contributed by atoms with van der Waals surface area (Å²) in [6, 6.07) is 7.64. The molecular weight excluding hydrogens is 214 g/mol. The molecule has 0 aliphatic carbocycles. The monoisotopic (exact) mass is 227 g/mol. The number of furan rings is 1. The van der Waals surface area contributed by atoms with E-state index in [0.717, 1.165) is 24.5 Å². The molecule has 17 heavy (non-hydrogen) atoms. The number of nitriles is 1. The smallest absolute Gasteiger partial charge is 0.128 e. The number of hydrogen-bond donors (Lipinski definition) is 0. The minimum absolute atomic E-state index is 0.577. The van der Waals surface area contributed by atoms with Crippen LogP contribution in [0.5, 0.6) is 0 Å². The van der Waals surface area contributed by atoms with Gasteiger partial charge in [0, 0.05) is 24.8 Å². The van der Waals surface area contributed by atoms with Crippen molar-refractivity contribution in [1.82, 2.24) is 4.98 Å². The summed E-state index contributed by atoms with van der Waals surface area (Å²) in [5.41, 5.74) is 1.69. The molecule has 4 nitrogen and oxygen atoms in total. The van der Waals surface area contributed by atoms with Crippen molar-refractivity contribution in [3.8, 4) is 6.07 Å². The largest absolute Gasteiger partial charge is 0.472 e. The average Bonchev–Trinajstić information content (AvgIpc) is 2.89. The van der Waals surface area contributed by atoms with Gasteiger partial charge >= 0.3 is 0 Å². The van der Waals surface area contributed by atoms with Crippen molar-refractivity contribution in [2.24, 2.45) is 0 Å². The van der Waals surface area contributed by atoms with Gasteiger partial charge in [-0.25, -0.2) is 4.98 Å². The van der Waals surface area contributed by atoms with Crippen molar-refractivity contribution in [3.05, 3.63) is 48.0 Å². The Morgan fingerprint density at radius 2 is 2.29 bits per heavy atom. The molecule has 0 spiro atoms. The Morgan fingerprint density at radius 1 is 1.41 bits per heavy atom. The van der Waals surface area contributed by atoms with Crippen LogP contribution in [-0.4, -0.2) is 11.5 Å². The summed E-state index contributed by atoms with van der Waals surface area (Å²) in [6.45, 7) is 3.68. The van der Waals surface area contributed by atoms with Crippen molar-refractivity contribution in [3.63, 3.8) is 0 Å². The molecule has 0 aliphatic heterocycles. The molecule has 0 radical (unpaired) electrons. The van der Waals surface area contributed by atoms with Gasteiger partial charge in [0.1, 0.15) is 11.9 Å². The molecule has 0 saturated heterocycles. The molecule has 86 valence electrons. The predicted molar refractivity (Wildman–Crippen MR) is 64.4 cm³/mol. The fraction of sp³-hybridized carbons (Fsp3) is 0.231. The Labute approximate surface area is 100 Å². The van der Waals surface area contributed by atoms with E-state index in [-0.39, 0.29) is 0 Å². The molecule has 0 aromatic carbocycles. The van der Waals surface area contributed by atoms with E-state index < -0.39 is 0 Å². The zero-order valence-corrected chi connectivity index (χ0v) is 9.63. The lowest BCUT2D eigenvalue weighted by atomic mass is 10.2. The molecule has 0 fully saturated rings. The molecule has 4 heteroatoms. The van der Waals surface area contributed by atoms with Gasteiger partial charge in [-0.15, -0.1) is 0 Å². The van der Waals surface area contributed by atoms with Gasteiger partial charge in [0.15, 0.2) is 0 Å². The van der Waals surface area contributed by atoms with E-state index >= 15 is 0 Å². The van der Waals surface area contributed by atoms with Crippen molar-refractivity contribution in [1.29, 1.82) is 5.26 Å². The predicted octanol–water partition coefficient (Wildman–Crippen LogP) is 2.57. The Balaban J connectivity index is 2.14. The van der Waals surface area contributed by atoms with Crippen LogP contribution in [0.2, 0.25) is 0 Å². The quantitative estimate of drug-likeness (QED) is 0.805. The molecule has 2 aromatic rings. The maximum atomic E-state index is 8.72. The van der Waals surface area contributed by atoms with E-state index in [1.807, 2.05) is 12.1 Å². The first kappa shape index (κ1) is 11.2. The van der Waals surface area contributed by atoms with E-state index in [2.05, 4.69) is 22.9 Å². The fourth-order valence-corrected chi connectivity index (χ4v) is 1.60. The standard InChI is InChI=1S/C13H13N3O/c1-2-16(9-12-5-6-17-10-12)13-4-3-11(7-14)8-15-13/h3-6,8,10H,2,9H2,1H3. The van der Waals surface area contributed by atoms with Gasteiger partial charge < -0.3 is 9.32 Å². The van der Waals surface area contributed by atoms with Crippen LogP contribution in [-0.2, 0) is 6.54 Å². The Kier molecular flexibility index (Phi) is 3.41. The van der Waals surface area contributed by atoms with Gasteiger partial charge in [-0.1, -0.05) is 0 Å². The van der Waals surface area contributed by atoms with E-state index in [9.17, 15) is 0 Å². The molecular formula is C13H13N3O. The third-order valence-corrected chi connectivity index (χ3v) is 2.54. The third kappa shape index (κ3) is 2.64. The normalized spacial score (nSPS) is 9.88. The summed E-state index contributed by atoms with van der Waals surface area (Å²) >= 11 is 0. The van der Waals surface area contributed by atoms with Crippen LogP contribution in [0.1, 0.15) is 18.1 Å². The highest BCUT2D eigenvalue weighted by Crippen LogP contribution is 2.14. The zero-order valence-electron chi connectivity index (χ0n) is 9.63. The molecule has 0 atom stereocenters. The second kappa shape index (κ2) is 5.17. The van der Waals surface area contributed by atoms with E-state index in [4.69, 9.17) is 9.68 Å². The number of aromatic nitrogens is 1. The number of hydrogen-bond acceptors (Lipinski definition) is 4. The Morgan fingerprint density at radius 3 is 2.82 bits per heavy atom. The van der Waals surface area contributed by atoms with E-state index in [1.54, 1.807) is 24.8 Å². The maximum absolute atomic E-state index is 8.72. The van der Waals surface area contributed by atoms with Crippen molar-refractivity contribution >= 4 is 5.82 Å². The van der Waals surface area contributed by atoms with Gasteiger partial charge in [-0.3, -0.25) is 0 Å². The number of nitrogens with zero attached hydrogens (tertiary/aromatic N) is 3. The van der Waals surface area contributed by atoms with Crippen LogP contribution in [0.4, 0.5) is 5.82 Å². The summed E-state index contributed by atoms with van der Waals surface area (Å²) in [5.74, 6) is 0.868. The number of anilines is 1. The summed E-state index contributed by atoms with van der Waals surface area (Å²) in [4.78, 5) is 6.39. The third-order valence-electron chi connectivity index (χ3n) is 2.54. The number of rotatable bonds is 4. The lowest BCUT2D eigenvalue weighted by Crippen LogP contribution is -2.22. The van der Waals surface area contributed by atoms with Crippen LogP contribution in [0, 0.1) is 11.3 Å². The molecule has 2 rings (SSSR count). The lowest BCUT2D eigenvalue weighted by molar-refractivity contribution is 0.563. The van der Waals surface area contributed by atoms with Crippen molar-refractivity contribution < 1.29 is 4.42 Å². The molecule has 0 unspecified atom stereocenters. The second-order valence-electron chi connectivity index (χ2n) is 3.66. The highest BCUT2D eigenvalue weighted by atomic mass is 16.3. The Hall–Kier alpha value is -2.28. The highest BCUT2D eigenvalue weighted by Gasteiger charge is 2.07. The van der Waals surface area contributed by atoms with Gasteiger partial charge in [-0.2, -0.15) is 5.26 Å². The molecule has 2 heterocycles. The van der Waals surface area contributed by atoms with Gasteiger partial charge in [-0.05, 0) is 25.1 Å². The van der Waals surface area contributed by atoms with Crippen molar-refractivity contribution in [2.75, 3.05) is 11.4 Å². The van der Waals surface area contributed by atoms with Crippen LogP contribution in [0.15, 0.2) is 41.3 Å². The summed E-state index contributed by atoms with van der Waals surface area (Å²) in [5, 5.41) is 8.72. The van der Waals surface area contributed by atoms with Crippen molar-refractivity contribution in [2.45, 2.75) is 13.5 Å². The fourth-order valence-electron chi connectivity index (χ4n) is 1.60. The van der Waals surface area contributed by atoms with Gasteiger partial charge in [0.25, 0.3) is 0 Å². The molecule has 0 saturated carbocycles. The van der Waals surface area contributed by atoms with Crippen LogP contribution in [0.3, 0.4) is 0 Å². The topological polar surface area (TPSA) is 53.1 Å². The second-order valence-corrected chi connectivity index (χ2v) is 3.66. The SMILES string of the molecule is CCN(Cc1ccoc1)c1ccc(C#N)cn1. The van der Waals surface area contributed by atoms with Crippen LogP contribution >= 0.6 is 0 Å². The molecule has 2 aromatic heterocycles. The average molecular weight is 227 g/mol. The van der Waals surface area contributed by atoms with Crippen LogP contribution < -0.4 is 4.90 Å². The zero-order chi connectivity index (χ0) is 12.1. The van der Waals surface area contributed by atoms with E-state index in [1.165, 1.54) is 0 Å². The maximum Gasteiger partial charge on any atom is 0.128 e. The minimum Gasteiger partial charge on any atom is -0.472 e. The highest BCUT2D eigenvalue weighted by molar-refractivity contribution is 5.42. The molecule has 0 N–H and O–H groups in total. The van der Waals surface area contributed by atoms with Gasteiger partial charge in [0.05, 0.1) is 18.1 Å². The molecule has 0 aliphatic rings. The first-order valence-corrected chi connectivity index (χ1v) is 5.45. The minimum atomic E-state index is 0.577. The first-order chi connectivity index (χ1) is 8.33. The number of pyridine rings is 1. The molecule has 0 amide bonds. The lowest BCUT2D eigenvalue weighted by Gasteiger charge is -2.20. The Bertz CT molecular complexity index is 496. The van der Waals surface area contributed by atoms with Gasteiger partial charge in [0.2, 0.25) is 0 Å². The summed E-state index contributed by atoms with van der Waals surface area (Å²) in [6.07, 6.45) is 4.98. The van der Waals surface area contributed by atoms with Crippen LogP contribution in [0.25, 0.3) is 0 Å². The summed E-state index contributed by atoms with van der Waals surface area (Å²) in [7, 11) is 0. The first-order valence-electron chi connectivity index (χ1n) is 5.45. The van der Waals surface area contributed by atoms with E-state index in [0.29, 0.717) is 5.56 Å².